The molecule has 0 heterocycles. The van der Waals surface area contributed by atoms with Crippen LogP contribution in [-0.2, 0) is 9.53 Å². The Balaban J connectivity index is 5.54. The van der Waals surface area contributed by atoms with E-state index >= 15 is 0 Å². The summed E-state index contributed by atoms with van der Waals surface area (Å²) in [5.41, 5.74) is -3.12. The molecule has 0 fully saturated rings. The number of esters is 1. The summed E-state index contributed by atoms with van der Waals surface area (Å²) < 4.78 is 41.7. The number of carbonyl (C=O) groups excluding carboxylic acids is 1. The number of alkyl halides is 3. The number of ether oxygens (including phenoxy) is 1. The molecule has 0 saturated carbocycles. The monoisotopic (exact) mass is 220 g/mol. The van der Waals surface area contributed by atoms with Crippen LogP contribution in [0.3, 0.4) is 0 Å². The Morgan fingerprint density at radius 1 is 1.33 bits per heavy atom. The van der Waals surface area contributed by atoms with E-state index < -0.39 is 23.5 Å². The first kappa shape index (κ1) is 13.2. The summed E-state index contributed by atoms with van der Waals surface area (Å²) in [4.78, 5) is 11.0. The topological polar surface area (TPSA) is 73.9 Å². The van der Waals surface area contributed by atoms with Gasteiger partial charge in [0.05, 0.1) is 19.2 Å². The lowest BCUT2D eigenvalue weighted by atomic mass is 9.78. The van der Waals surface area contributed by atoms with Gasteiger partial charge in [0, 0.05) is 0 Å². The van der Waals surface area contributed by atoms with E-state index in [1.165, 1.54) is 0 Å². The highest BCUT2D eigenvalue weighted by Gasteiger charge is 2.63. The minimum Gasteiger partial charge on any atom is -0.468 e. The maximum absolute atomic E-state index is 12.6. The van der Waals surface area contributed by atoms with Crippen LogP contribution in [0, 0.1) is 34.0 Å². The molecule has 0 radical (unpaired) electrons. The smallest absolute Gasteiger partial charge is 0.406 e. The molecule has 0 bridgehead atoms. The van der Waals surface area contributed by atoms with Crippen molar-refractivity contribution in [2.45, 2.75) is 13.1 Å². The molecule has 82 valence electrons. The van der Waals surface area contributed by atoms with E-state index in [-0.39, 0.29) is 0 Å². The predicted molar refractivity (Wildman–Crippen MR) is 40.9 cm³/mol. The summed E-state index contributed by atoms with van der Waals surface area (Å²) in [5, 5.41) is 16.8. The molecule has 0 aliphatic heterocycles. The zero-order valence-electron chi connectivity index (χ0n) is 7.92. The predicted octanol–water partition coefficient (Wildman–Crippen LogP) is 1.39. The average molecular weight is 220 g/mol. The van der Waals surface area contributed by atoms with Crippen LogP contribution in [0.4, 0.5) is 13.2 Å². The first-order valence-electron chi connectivity index (χ1n) is 3.70. The lowest BCUT2D eigenvalue weighted by Gasteiger charge is -2.29. The van der Waals surface area contributed by atoms with Crippen LogP contribution in [0.15, 0.2) is 0 Å². The first-order valence-corrected chi connectivity index (χ1v) is 3.70. The maximum atomic E-state index is 12.6. The van der Waals surface area contributed by atoms with Crippen molar-refractivity contribution in [3.63, 3.8) is 0 Å². The van der Waals surface area contributed by atoms with Crippen LogP contribution >= 0.6 is 0 Å². The van der Waals surface area contributed by atoms with E-state index in [1.54, 1.807) is 0 Å². The fourth-order valence-electron chi connectivity index (χ4n) is 0.896. The number of hydrogen-bond acceptors (Lipinski definition) is 4. The van der Waals surface area contributed by atoms with Crippen LogP contribution in [0.1, 0.15) is 6.92 Å². The van der Waals surface area contributed by atoms with E-state index in [1.807, 2.05) is 0 Å². The van der Waals surface area contributed by atoms with Crippen molar-refractivity contribution < 1.29 is 22.7 Å². The molecule has 1 atom stereocenters. The number of halogens is 3. The summed E-state index contributed by atoms with van der Waals surface area (Å²) in [5.74, 6) is -3.78. The van der Waals surface area contributed by atoms with Gasteiger partial charge in [-0.05, 0) is 6.92 Å². The fraction of sp³-hybridized carbons (Fsp3) is 0.625. The molecule has 0 aromatic heterocycles. The molecule has 0 spiro atoms. The molecule has 4 nitrogen and oxygen atoms in total. The zero-order chi connectivity index (χ0) is 12.3. The summed E-state index contributed by atoms with van der Waals surface area (Å²) >= 11 is 0. The lowest BCUT2D eigenvalue weighted by molar-refractivity contribution is -0.233. The van der Waals surface area contributed by atoms with Crippen molar-refractivity contribution in [2.75, 3.05) is 7.11 Å². The molecule has 15 heavy (non-hydrogen) atoms. The van der Waals surface area contributed by atoms with Gasteiger partial charge >= 0.3 is 12.1 Å². The van der Waals surface area contributed by atoms with Crippen molar-refractivity contribution in [1.29, 1.82) is 10.5 Å². The second-order valence-electron chi connectivity index (χ2n) is 2.88. The average Bonchev–Trinajstić information content (AvgIpc) is 2.16. The summed E-state index contributed by atoms with van der Waals surface area (Å²) in [7, 11) is 0.762. The van der Waals surface area contributed by atoms with Gasteiger partial charge in [-0.15, -0.1) is 0 Å². The molecule has 0 rings (SSSR count). The van der Waals surface area contributed by atoms with Crippen LogP contribution in [-0.4, -0.2) is 19.3 Å². The van der Waals surface area contributed by atoms with E-state index in [0.29, 0.717) is 6.92 Å². The Morgan fingerprint density at radius 2 is 1.73 bits per heavy atom. The summed E-state index contributed by atoms with van der Waals surface area (Å²) in [6.07, 6.45) is -5.02. The molecule has 0 aromatic rings. The molecule has 0 aromatic carbocycles. The van der Waals surface area contributed by atoms with Crippen molar-refractivity contribution >= 4 is 5.97 Å². The number of nitriles is 2. The summed E-state index contributed by atoms with van der Waals surface area (Å²) in [6.45, 7) is 0.468. The van der Waals surface area contributed by atoms with Gasteiger partial charge in [0.25, 0.3) is 0 Å². The van der Waals surface area contributed by atoms with Gasteiger partial charge in [0.2, 0.25) is 0 Å². The quantitative estimate of drug-likeness (QED) is 0.659. The van der Waals surface area contributed by atoms with Crippen molar-refractivity contribution in [2.24, 2.45) is 11.3 Å². The molecular formula is C8H7F3N2O2. The zero-order valence-corrected chi connectivity index (χ0v) is 7.92. The third-order valence-electron chi connectivity index (χ3n) is 2.03. The largest absolute Gasteiger partial charge is 0.468 e. The Morgan fingerprint density at radius 3 is 1.93 bits per heavy atom. The van der Waals surface area contributed by atoms with E-state index in [0.717, 1.165) is 19.2 Å². The Hall–Kier alpha value is -1.76. The molecule has 0 aliphatic rings. The number of methoxy groups -OCH3 is 1. The number of hydrogen-bond donors (Lipinski definition) is 0. The van der Waals surface area contributed by atoms with Crippen molar-refractivity contribution in [3.8, 4) is 12.1 Å². The molecular weight excluding hydrogens is 213 g/mol. The van der Waals surface area contributed by atoms with Gasteiger partial charge in [0.1, 0.15) is 0 Å². The van der Waals surface area contributed by atoms with Crippen molar-refractivity contribution in [1.82, 2.24) is 0 Å². The molecule has 0 amide bonds. The minimum atomic E-state index is -5.02. The highest BCUT2D eigenvalue weighted by Crippen LogP contribution is 2.44. The lowest BCUT2D eigenvalue weighted by Crippen LogP contribution is -2.48. The van der Waals surface area contributed by atoms with Gasteiger partial charge in [-0.3, -0.25) is 4.79 Å². The van der Waals surface area contributed by atoms with Gasteiger partial charge in [0.15, 0.2) is 11.3 Å². The van der Waals surface area contributed by atoms with Crippen LogP contribution in [0.5, 0.6) is 0 Å². The first-order chi connectivity index (χ1) is 6.75. The maximum Gasteiger partial charge on any atom is 0.406 e. The van der Waals surface area contributed by atoms with Crippen LogP contribution in [0.2, 0.25) is 0 Å². The Bertz CT molecular complexity index is 325. The molecule has 0 unspecified atom stereocenters. The Labute approximate surface area is 83.9 Å². The standard InChI is InChI=1S/C8H7F3N2O2/c1-7(6(14)15-2,8(9,10)11)5(3-12)4-13/h5H,1-2H3/t7-/m0/s1. The fourth-order valence-corrected chi connectivity index (χ4v) is 0.896. The van der Waals surface area contributed by atoms with Gasteiger partial charge in [-0.1, -0.05) is 0 Å². The third-order valence-corrected chi connectivity index (χ3v) is 2.03. The second-order valence-corrected chi connectivity index (χ2v) is 2.88. The third kappa shape index (κ3) is 2.01. The van der Waals surface area contributed by atoms with Crippen LogP contribution < -0.4 is 0 Å². The second kappa shape index (κ2) is 4.18. The van der Waals surface area contributed by atoms with E-state index in [4.69, 9.17) is 10.5 Å². The van der Waals surface area contributed by atoms with E-state index in [9.17, 15) is 18.0 Å². The van der Waals surface area contributed by atoms with Crippen LogP contribution in [0.25, 0.3) is 0 Å². The van der Waals surface area contributed by atoms with E-state index in [2.05, 4.69) is 4.74 Å². The van der Waals surface area contributed by atoms with Crippen molar-refractivity contribution in [3.05, 3.63) is 0 Å². The minimum absolute atomic E-state index is 0.468. The number of carbonyl (C=O) groups is 1. The molecule has 7 heteroatoms. The highest BCUT2D eigenvalue weighted by molar-refractivity contribution is 5.78. The summed E-state index contributed by atoms with van der Waals surface area (Å²) in [6, 6.07) is 2.26. The Kier molecular flexibility index (Phi) is 3.69. The number of nitrogens with zero attached hydrogens (tertiary/aromatic N) is 2. The highest BCUT2D eigenvalue weighted by atomic mass is 19.4. The molecule has 0 N–H and O–H groups in total. The van der Waals surface area contributed by atoms with Gasteiger partial charge in [-0.2, -0.15) is 23.7 Å². The number of rotatable bonds is 2. The van der Waals surface area contributed by atoms with Gasteiger partial charge in [-0.25, -0.2) is 0 Å². The van der Waals surface area contributed by atoms with Gasteiger partial charge < -0.3 is 4.74 Å². The normalized spacial score (nSPS) is 14.9. The molecule has 0 aliphatic carbocycles. The molecule has 0 saturated heterocycles. The SMILES string of the molecule is COC(=O)[C@](C)(C(C#N)C#N)C(F)(F)F.